The average molecular weight is 419 g/mol. The van der Waals surface area contributed by atoms with Crippen molar-refractivity contribution in [3.8, 4) is 11.4 Å². The molecule has 0 aliphatic heterocycles. The molecule has 0 aliphatic rings. The summed E-state index contributed by atoms with van der Waals surface area (Å²) in [7, 11) is 0. The van der Waals surface area contributed by atoms with Gasteiger partial charge in [0.05, 0.1) is 6.33 Å². The lowest BCUT2D eigenvalue weighted by molar-refractivity contribution is 0.191. The molecule has 0 saturated heterocycles. The van der Waals surface area contributed by atoms with Gasteiger partial charge in [-0.05, 0) is 38.5 Å². The van der Waals surface area contributed by atoms with E-state index in [2.05, 4.69) is 49.4 Å². The largest absolute Gasteiger partial charge is 0.374 e. The van der Waals surface area contributed by atoms with Crippen LogP contribution >= 0.6 is 0 Å². The number of aromatic nitrogens is 6. The maximum absolute atomic E-state index is 10.2. The van der Waals surface area contributed by atoms with Crippen molar-refractivity contribution in [1.82, 2.24) is 29.5 Å². The van der Waals surface area contributed by atoms with E-state index in [-0.39, 0.29) is 6.04 Å². The third-order valence-corrected chi connectivity index (χ3v) is 4.78. The third-order valence-electron chi connectivity index (χ3n) is 4.78. The van der Waals surface area contributed by atoms with E-state index in [4.69, 9.17) is 0 Å². The van der Waals surface area contributed by atoms with E-state index in [1.54, 1.807) is 24.8 Å². The first-order chi connectivity index (χ1) is 15.0. The number of nitrogens with zero attached hydrogens (tertiary/aromatic N) is 6. The van der Waals surface area contributed by atoms with E-state index >= 15 is 0 Å². The van der Waals surface area contributed by atoms with Gasteiger partial charge in [0.15, 0.2) is 22.8 Å². The van der Waals surface area contributed by atoms with E-state index in [9.17, 15) is 5.11 Å². The molecule has 3 aromatic heterocycles. The van der Waals surface area contributed by atoms with E-state index in [0.29, 0.717) is 35.2 Å². The third kappa shape index (κ3) is 4.61. The van der Waals surface area contributed by atoms with Gasteiger partial charge in [-0.25, -0.2) is 15.0 Å². The fourth-order valence-corrected chi connectivity index (χ4v) is 3.26. The quantitative estimate of drug-likeness (QED) is 0.366. The number of hydrogen-bond donors (Lipinski definition) is 3. The molecule has 0 amide bonds. The van der Waals surface area contributed by atoms with Crippen molar-refractivity contribution in [3.63, 3.8) is 0 Å². The van der Waals surface area contributed by atoms with Crippen LogP contribution in [0.4, 0.5) is 17.5 Å². The van der Waals surface area contributed by atoms with Crippen LogP contribution in [0.25, 0.3) is 22.6 Å². The molecule has 4 aromatic rings. The number of aliphatic hydroxyl groups excluding tert-OH is 1. The molecule has 0 bridgehead atoms. The van der Waals surface area contributed by atoms with Crippen LogP contribution in [0.15, 0.2) is 49.1 Å². The van der Waals surface area contributed by atoms with Crippen molar-refractivity contribution in [2.24, 2.45) is 0 Å². The van der Waals surface area contributed by atoms with Crippen LogP contribution in [0.1, 0.15) is 39.7 Å². The molecular weight excluding hydrogens is 392 g/mol. The van der Waals surface area contributed by atoms with Crippen LogP contribution in [0.3, 0.4) is 0 Å². The van der Waals surface area contributed by atoms with Gasteiger partial charge in [-0.15, -0.1) is 0 Å². The summed E-state index contributed by atoms with van der Waals surface area (Å²) in [5.74, 6) is 1.55. The van der Waals surface area contributed by atoms with E-state index in [1.807, 2.05) is 35.8 Å². The monoisotopic (exact) mass is 418 g/mol. The van der Waals surface area contributed by atoms with Crippen LogP contribution in [0, 0.1) is 0 Å². The van der Waals surface area contributed by atoms with Gasteiger partial charge in [-0.2, -0.15) is 9.97 Å². The Hall–Kier alpha value is -3.59. The molecule has 3 N–H and O–H groups in total. The van der Waals surface area contributed by atoms with Crippen molar-refractivity contribution in [3.05, 3.63) is 49.1 Å². The summed E-state index contributed by atoms with van der Waals surface area (Å²) in [4.78, 5) is 22.4. The fraction of sp³-hybridized carbons (Fsp3) is 0.318. The molecule has 0 spiro atoms. The summed E-state index contributed by atoms with van der Waals surface area (Å²) >= 11 is 0. The molecule has 0 aliphatic carbocycles. The van der Waals surface area contributed by atoms with Crippen LogP contribution in [0.5, 0.6) is 0 Å². The van der Waals surface area contributed by atoms with Gasteiger partial charge in [0.1, 0.15) is 6.23 Å². The minimum Gasteiger partial charge on any atom is -0.374 e. The smallest absolute Gasteiger partial charge is 0.228 e. The van der Waals surface area contributed by atoms with Gasteiger partial charge < -0.3 is 20.3 Å². The Morgan fingerprint density at radius 1 is 1.06 bits per heavy atom. The molecule has 0 radical (unpaired) electrons. The lowest BCUT2D eigenvalue weighted by Gasteiger charge is -2.15. The standard InChI is InChI=1S/C22H26N8O/c1-4-7-17(31)27-22-28-20(18-21(29-22)30(13-25-18)14(2)3)26-16-9-5-8-15(12-16)19-23-10-6-11-24-19/h5-6,8-14,17,31H,4,7H2,1-3H3,(H2,26,27,28,29)/t17-/m0/s1. The van der Waals surface area contributed by atoms with Gasteiger partial charge in [0.25, 0.3) is 0 Å². The molecule has 4 rings (SSSR count). The zero-order chi connectivity index (χ0) is 21.8. The first-order valence-corrected chi connectivity index (χ1v) is 10.4. The summed E-state index contributed by atoms with van der Waals surface area (Å²) in [6.45, 7) is 6.15. The molecule has 160 valence electrons. The average Bonchev–Trinajstić information content (AvgIpc) is 3.19. The van der Waals surface area contributed by atoms with Crippen molar-refractivity contribution in [1.29, 1.82) is 0 Å². The molecular formula is C22H26N8O. The van der Waals surface area contributed by atoms with Crippen molar-refractivity contribution in [2.45, 2.75) is 45.9 Å². The minimum absolute atomic E-state index is 0.180. The molecule has 1 atom stereocenters. The Labute approximate surface area is 180 Å². The number of hydrogen-bond acceptors (Lipinski definition) is 8. The van der Waals surface area contributed by atoms with Crippen LogP contribution in [0.2, 0.25) is 0 Å². The molecule has 9 nitrogen and oxygen atoms in total. The minimum atomic E-state index is -0.718. The highest BCUT2D eigenvalue weighted by Crippen LogP contribution is 2.28. The number of imidazole rings is 1. The summed E-state index contributed by atoms with van der Waals surface area (Å²) in [6.07, 6.45) is 5.93. The Morgan fingerprint density at radius 2 is 1.87 bits per heavy atom. The van der Waals surface area contributed by atoms with Crippen LogP contribution < -0.4 is 10.6 Å². The topological polar surface area (TPSA) is 114 Å². The van der Waals surface area contributed by atoms with E-state index in [1.165, 1.54) is 0 Å². The fourth-order valence-electron chi connectivity index (χ4n) is 3.26. The van der Waals surface area contributed by atoms with Crippen LogP contribution in [-0.4, -0.2) is 40.8 Å². The second kappa shape index (κ2) is 9.05. The zero-order valence-electron chi connectivity index (χ0n) is 17.8. The van der Waals surface area contributed by atoms with E-state index < -0.39 is 6.23 Å². The maximum Gasteiger partial charge on any atom is 0.228 e. The molecule has 3 heterocycles. The highest BCUT2D eigenvalue weighted by Gasteiger charge is 2.16. The van der Waals surface area contributed by atoms with E-state index in [0.717, 1.165) is 17.7 Å². The number of benzene rings is 1. The summed E-state index contributed by atoms with van der Waals surface area (Å²) < 4.78 is 1.98. The molecule has 31 heavy (non-hydrogen) atoms. The number of anilines is 3. The summed E-state index contributed by atoms with van der Waals surface area (Å²) in [6, 6.07) is 9.76. The first kappa shape index (κ1) is 20.7. The van der Waals surface area contributed by atoms with Crippen molar-refractivity contribution >= 4 is 28.6 Å². The van der Waals surface area contributed by atoms with Gasteiger partial charge in [-0.3, -0.25) is 0 Å². The van der Waals surface area contributed by atoms with Crippen LogP contribution in [-0.2, 0) is 0 Å². The Bertz CT molecular complexity index is 1160. The maximum atomic E-state index is 10.2. The predicted molar refractivity (Wildman–Crippen MR) is 121 cm³/mol. The predicted octanol–water partition coefficient (Wildman–Crippen LogP) is 4.14. The second-order valence-corrected chi connectivity index (χ2v) is 7.54. The van der Waals surface area contributed by atoms with Gasteiger partial charge in [0.2, 0.25) is 5.95 Å². The highest BCUT2D eigenvalue weighted by molar-refractivity contribution is 5.87. The zero-order valence-corrected chi connectivity index (χ0v) is 17.8. The van der Waals surface area contributed by atoms with Gasteiger partial charge in [0, 0.05) is 29.7 Å². The van der Waals surface area contributed by atoms with Gasteiger partial charge in [-0.1, -0.05) is 25.5 Å². The number of nitrogens with one attached hydrogen (secondary N) is 2. The second-order valence-electron chi connectivity index (χ2n) is 7.54. The number of fused-ring (bicyclic) bond motifs is 1. The number of aliphatic hydroxyl groups is 1. The lowest BCUT2D eigenvalue weighted by atomic mass is 10.2. The first-order valence-electron chi connectivity index (χ1n) is 10.4. The Balaban J connectivity index is 1.72. The Morgan fingerprint density at radius 3 is 2.61 bits per heavy atom. The Kier molecular flexibility index (Phi) is 6.03. The highest BCUT2D eigenvalue weighted by atomic mass is 16.3. The SMILES string of the molecule is CCC[C@H](O)Nc1nc(Nc2cccc(-c3ncccn3)c2)c2ncn(C(C)C)c2n1. The molecule has 1 aromatic carbocycles. The molecule has 0 saturated carbocycles. The molecule has 9 heteroatoms. The van der Waals surface area contributed by atoms with Crippen molar-refractivity contribution < 1.29 is 5.11 Å². The lowest BCUT2D eigenvalue weighted by Crippen LogP contribution is -2.20. The molecule has 0 fully saturated rings. The van der Waals surface area contributed by atoms with Gasteiger partial charge >= 0.3 is 0 Å². The summed E-state index contributed by atoms with van der Waals surface area (Å²) in [5.41, 5.74) is 3.07. The van der Waals surface area contributed by atoms with Crippen molar-refractivity contribution in [2.75, 3.05) is 10.6 Å². The summed E-state index contributed by atoms with van der Waals surface area (Å²) in [5, 5.41) is 16.5. The number of rotatable bonds is 8. The normalized spacial score (nSPS) is 12.3. The molecule has 0 unspecified atom stereocenters.